The molecule has 0 amide bonds. The van der Waals surface area contributed by atoms with Gasteiger partial charge < -0.3 is 9.31 Å². The zero-order chi connectivity index (χ0) is 9.64. The van der Waals surface area contributed by atoms with E-state index in [4.69, 9.17) is 0 Å². The Balaban J connectivity index is 2.27. The van der Waals surface area contributed by atoms with E-state index in [1.54, 1.807) is 0 Å². The molecule has 0 bridgehead atoms. The van der Waals surface area contributed by atoms with E-state index in [-0.39, 0.29) is 12.6 Å². The summed E-state index contributed by atoms with van der Waals surface area (Å²) >= 11 is 0. The Morgan fingerprint density at radius 3 is 1.62 bits per heavy atom. The van der Waals surface area contributed by atoms with Crippen molar-refractivity contribution >= 4 is 30.1 Å². The first kappa shape index (κ1) is 7.97. The summed E-state index contributed by atoms with van der Waals surface area (Å²) in [5.41, 5.74) is 0. The predicted octanol–water partition coefficient (Wildman–Crippen LogP) is -1.32. The molecule has 2 heterocycles. The van der Waals surface area contributed by atoms with Gasteiger partial charge in [-0.3, -0.25) is 9.59 Å². The summed E-state index contributed by atoms with van der Waals surface area (Å²) in [6, 6.07) is 0. The van der Waals surface area contributed by atoms with Crippen molar-refractivity contribution in [1.29, 1.82) is 0 Å². The largest absolute Gasteiger partial charge is 0.647 e. The maximum absolute atomic E-state index is 10.8. The number of rotatable bonds is 0. The van der Waals surface area contributed by atoms with Crippen LogP contribution >= 0.6 is 0 Å². The molecule has 0 aliphatic carbocycles. The lowest BCUT2D eigenvalue weighted by Crippen LogP contribution is -2.33. The monoisotopic (exact) mass is 183 g/mol. The second-order valence-electron chi connectivity index (χ2n) is 3.12. The number of carbonyl (C=O) groups excluding carboxylic acids is 4. The van der Waals surface area contributed by atoms with Crippen molar-refractivity contribution in [3.05, 3.63) is 0 Å². The van der Waals surface area contributed by atoms with Crippen LogP contribution in [0.3, 0.4) is 0 Å². The molecule has 0 aromatic rings. The number of carbonyl (C=O) groups is 4. The minimum Gasteiger partial charge on any atom is -0.647 e. The van der Waals surface area contributed by atoms with Gasteiger partial charge in [0.1, 0.15) is 0 Å². The van der Waals surface area contributed by atoms with E-state index in [0.29, 0.717) is 0 Å². The molecule has 13 heavy (non-hydrogen) atoms. The SMILES string of the molecule is O=C1C[B-]2(CC1=O)OC(=O)C(=O)O2. The van der Waals surface area contributed by atoms with E-state index in [9.17, 15) is 19.2 Å². The van der Waals surface area contributed by atoms with Crippen LogP contribution in [0.25, 0.3) is 0 Å². The first-order valence-corrected chi connectivity index (χ1v) is 3.72. The number of hydrogen-bond acceptors (Lipinski definition) is 6. The van der Waals surface area contributed by atoms with Crippen LogP contribution in [0, 0.1) is 0 Å². The van der Waals surface area contributed by atoms with E-state index in [0.717, 1.165) is 0 Å². The summed E-state index contributed by atoms with van der Waals surface area (Å²) in [4.78, 5) is 43.0. The molecule has 0 aromatic carbocycles. The Bertz CT molecular complexity index is 276. The topological polar surface area (TPSA) is 86.7 Å². The summed E-state index contributed by atoms with van der Waals surface area (Å²) in [7, 11) is 0. The van der Waals surface area contributed by atoms with Crippen LogP contribution in [0.15, 0.2) is 0 Å². The molecule has 0 atom stereocenters. The molecule has 0 saturated carbocycles. The summed E-state index contributed by atoms with van der Waals surface area (Å²) in [6.45, 7) is -2.30. The van der Waals surface area contributed by atoms with E-state index < -0.39 is 30.1 Å². The van der Waals surface area contributed by atoms with Crippen molar-refractivity contribution < 1.29 is 28.5 Å². The van der Waals surface area contributed by atoms with Crippen molar-refractivity contribution in [2.75, 3.05) is 0 Å². The Morgan fingerprint density at radius 1 is 0.846 bits per heavy atom. The van der Waals surface area contributed by atoms with Gasteiger partial charge in [0.25, 0.3) is 0 Å². The molecule has 2 rings (SSSR count). The molecular formula is C6H4BO6-. The standard InChI is InChI=1S/C6H4BO6/c8-3-1-7(2-4(3)9)12-5(10)6(11)13-7/h1-2H2/q-1. The predicted molar refractivity (Wildman–Crippen MR) is 37.6 cm³/mol. The lowest BCUT2D eigenvalue weighted by Gasteiger charge is -2.24. The van der Waals surface area contributed by atoms with Gasteiger partial charge in [-0.2, -0.15) is 0 Å². The Kier molecular flexibility index (Phi) is 1.34. The van der Waals surface area contributed by atoms with Crippen LogP contribution in [-0.2, 0) is 28.5 Å². The molecule has 0 N–H and O–H groups in total. The van der Waals surface area contributed by atoms with Crippen LogP contribution in [-0.4, -0.2) is 30.1 Å². The number of ketones is 2. The molecule has 7 heteroatoms. The quantitative estimate of drug-likeness (QED) is 0.341. The van der Waals surface area contributed by atoms with Gasteiger partial charge in [0.05, 0.1) is 0 Å². The van der Waals surface area contributed by atoms with E-state index in [2.05, 4.69) is 9.31 Å². The maximum atomic E-state index is 10.8. The fourth-order valence-electron chi connectivity index (χ4n) is 1.54. The average Bonchev–Trinajstić information content (AvgIpc) is 2.39. The molecule has 2 fully saturated rings. The first-order chi connectivity index (χ1) is 6.02. The van der Waals surface area contributed by atoms with Gasteiger partial charge >= 0.3 is 18.5 Å². The molecular weight excluding hydrogens is 179 g/mol. The van der Waals surface area contributed by atoms with Crippen molar-refractivity contribution in [3.8, 4) is 0 Å². The summed E-state index contributed by atoms with van der Waals surface area (Å²) in [5, 5.41) is 0. The Morgan fingerprint density at radius 2 is 1.23 bits per heavy atom. The van der Waals surface area contributed by atoms with Gasteiger partial charge in [0.15, 0.2) is 11.6 Å². The highest BCUT2D eigenvalue weighted by Gasteiger charge is 2.51. The average molecular weight is 183 g/mol. The maximum Gasteiger partial charge on any atom is 0.367 e. The molecule has 2 aliphatic rings. The minimum absolute atomic E-state index is 0.295. The molecule has 0 radical (unpaired) electrons. The molecule has 2 aliphatic heterocycles. The third-order valence-corrected chi connectivity index (χ3v) is 2.11. The molecule has 0 aromatic heterocycles. The smallest absolute Gasteiger partial charge is 0.367 e. The van der Waals surface area contributed by atoms with Crippen LogP contribution in [0.4, 0.5) is 0 Å². The molecule has 0 unspecified atom stereocenters. The molecule has 68 valence electrons. The zero-order valence-electron chi connectivity index (χ0n) is 6.44. The molecule has 1 spiro atoms. The van der Waals surface area contributed by atoms with Crippen molar-refractivity contribution in [2.45, 2.75) is 12.6 Å². The van der Waals surface area contributed by atoms with Gasteiger partial charge in [-0.1, -0.05) is 0 Å². The lowest BCUT2D eigenvalue weighted by atomic mass is 9.56. The highest BCUT2D eigenvalue weighted by Crippen LogP contribution is 2.31. The summed E-state index contributed by atoms with van der Waals surface area (Å²) < 4.78 is 9.15. The van der Waals surface area contributed by atoms with Crippen LogP contribution in [0.5, 0.6) is 0 Å². The van der Waals surface area contributed by atoms with Crippen molar-refractivity contribution in [1.82, 2.24) is 0 Å². The second-order valence-corrected chi connectivity index (χ2v) is 3.12. The summed E-state index contributed by atoms with van der Waals surface area (Å²) in [6.07, 6.45) is -0.591. The first-order valence-electron chi connectivity index (χ1n) is 3.72. The van der Waals surface area contributed by atoms with Crippen molar-refractivity contribution in [2.24, 2.45) is 0 Å². The summed E-state index contributed by atoms with van der Waals surface area (Å²) in [5.74, 6) is -3.55. The molecule has 6 nitrogen and oxygen atoms in total. The van der Waals surface area contributed by atoms with Gasteiger partial charge in [-0.05, 0) is 12.6 Å². The van der Waals surface area contributed by atoms with E-state index in [1.165, 1.54) is 0 Å². The Labute approximate surface area is 72.2 Å². The zero-order valence-corrected chi connectivity index (χ0v) is 6.44. The molecule has 2 saturated heterocycles. The number of Topliss-reactive ketones (excluding diaryl/α,β-unsaturated/α-hetero) is 2. The van der Waals surface area contributed by atoms with Gasteiger partial charge in [0.2, 0.25) is 0 Å². The lowest BCUT2D eigenvalue weighted by molar-refractivity contribution is -0.150. The van der Waals surface area contributed by atoms with Gasteiger partial charge in [-0.25, -0.2) is 9.59 Å². The van der Waals surface area contributed by atoms with Crippen LogP contribution in [0.1, 0.15) is 0 Å². The van der Waals surface area contributed by atoms with Crippen LogP contribution < -0.4 is 0 Å². The minimum atomic E-state index is -2.30. The van der Waals surface area contributed by atoms with Crippen LogP contribution in [0.2, 0.25) is 12.6 Å². The van der Waals surface area contributed by atoms with E-state index >= 15 is 0 Å². The second kappa shape index (κ2) is 2.18. The highest BCUT2D eigenvalue weighted by atomic mass is 16.7. The fraction of sp³-hybridized carbons (Fsp3) is 0.333. The van der Waals surface area contributed by atoms with Crippen molar-refractivity contribution in [3.63, 3.8) is 0 Å². The van der Waals surface area contributed by atoms with Gasteiger partial charge in [-0.15, -0.1) is 0 Å². The fourth-order valence-corrected chi connectivity index (χ4v) is 1.54. The van der Waals surface area contributed by atoms with E-state index in [1.807, 2.05) is 0 Å². The highest BCUT2D eigenvalue weighted by molar-refractivity contribution is 6.88. The Hall–Kier alpha value is -1.66. The third-order valence-electron chi connectivity index (χ3n) is 2.11. The normalized spacial score (nSPS) is 25.2. The van der Waals surface area contributed by atoms with Gasteiger partial charge in [0, 0.05) is 0 Å². The third kappa shape index (κ3) is 1.04. The number of hydrogen-bond donors (Lipinski definition) is 0.